The number of amides is 2. The van der Waals surface area contributed by atoms with Crippen LogP contribution in [-0.2, 0) is 19.6 Å². The maximum atomic E-state index is 13.4. The summed E-state index contributed by atoms with van der Waals surface area (Å²) < 4.78 is 38.8. The van der Waals surface area contributed by atoms with Gasteiger partial charge in [0.15, 0.2) is 6.61 Å². The van der Waals surface area contributed by atoms with E-state index >= 15 is 0 Å². The van der Waals surface area contributed by atoms with Crippen LogP contribution in [0.4, 0.5) is 11.4 Å². The third-order valence-electron chi connectivity index (χ3n) is 5.65. The van der Waals surface area contributed by atoms with Crippen molar-refractivity contribution in [1.29, 1.82) is 0 Å². The molecule has 2 heterocycles. The molecule has 0 aliphatic carbocycles. The zero-order valence-electron chi connectivity index (χ0n) is 17.9. The van der Waals surface area contributed by atoms with Crippen LogP contribution in [0.2, 0.25) is 0 Å². The lowest BCUT2D eigenvalue weighted by Crippen LogP contribution is -2.43. The molecule has 0 aromatic heterocycles. The van der Waals surface area contributed by atoms with Crippen molar-refractivity contribution in [2.75, 3.05) is 37.4 Å². The number of piperidine rings is 1. The number of hydrogen-bond acceptors (Lipinski definition) is 6. The van der Waals surface area contributed by atoms with E-state index in [2.05, 4.69) is 10.6 Å². The zero-order chi connectivity index (χ0) is 22.9. The van der Waals surface area contributed by atoms with Gasteiger partial charge in [-0.15, -0.1) is 0 Å². The Morgan fingerprint density at radius 1 is 1.28 bits per heavy atom. The summed E-state index contributed by atoms with van der Waals surface area (Å²) >= 11 is 0. The van der Waals surface area contributed by atoms with Gasteiger partial charge in [-0.25, -0.2) is 8.42 Å². The van der Waals surface area contributed by atoms with Crippen LogP contribution in [-0.4, -0.2) is 51.3 Å². The van der Waals surface area contributed by atoms with Gasteiger partial charge in [0.05, 0.1) is 29.3 Å². The SMILES string of the molecule is COc1ccccc1NC(=O)[C@H]1CCCN(S(=O)(=O)c2cc3c(cc2C)NC(=O)CO3)C1. The molecule has 0 unspecified atom stereocenters. The first-order chi connectivity index (χ1) is 15.3. The van der Waals surface area contributed by atoms with E-state index in [1.54, 1.807) is 37.3 Å². The van der Waals surface area contributed by atoms with E-state index in [1.165, 1.54) is 17.5 Å². The monoisotopic (exact) mass is 459 g/mol. The topological polar surface area (TPSA) is 114 Å². The van der Waals surface area contributed by atoms with Crippen molar-refractivity contribution in [2.45, 2.75) is 24.7 Å². The van der Waals surface area contributed by atoms with Crippen molar-refractivity contribution in [3.63, 3.8) is 0 Å². The van der Waals surface area contributed by atoms with E-state index in [-0.39, 0.29) is 29.9 Å². The Morgan fingerprint density at radius 3 is 2.84 bits per heavy atom. The average molecular weight is 460 g/mol. The van der Waals surface area contributed by atoms with E-state index in [4.69, 9.17) is 9.47 Å². The number of anilines is 2. The van der Waals surface area contributed by atoms with E-state index < -0.39 is 15.9 Å². The van der Waals surface area contributed by atoms with Crippen molar-refractivity contribution in [2.24, 2.45) is 5.92 Å². The Kier molecular flexibility index (Phi) is 6.07. The van der Waals surface area contributed by atoms with Crippen LogP contribution in [0.3, 0.4) is 0 Å². The number of sulfonamides is 1. The van der Waals surface area contributed by atoms with Gasteiger partial charge in [0.2, 0.25) is 15.9 Å². The Balaban J connectivity index is 1.54. The Labute approximate surface area is 186 Å². The van der Waals surface area contributed by atoms with E-state index in [0.717, 1.165) is 0 Å². The predicted molar refractivity (Wildman–Crippen MR) is 118 cm³/mol. The summed E-state index contributed by atoms with van der Waals surface area (Å²) in [5.74, 6) is -0.166. The van der Waals surface area contributed by atoms with Crippen molar-refractivity contribution in [3.8, 4) is 11.5 Å². The van der Waals surface area contributed by atoms with Gasteiger partial charge in [-0.1, -0.05) is 12.1 Å². The number of hydrogen-bond donors (Lipinski definition) is 2. The minimum absolute atomic E-state index is 0.0808. The van der Waals surface area contributed by atoms with Crippen LogP contribution in [0.25, 0.3) is 0 Å². The van der Waals surface area contributed by atoms with Gasteiger partial charge in [0.25, 0.3) is 5.91 Å². The molecular weight excluding hydrogens is 434 g/mol. The Morgan fingerprint density at radius 2 is 2.06 bits per heavy atom. The largest absolute Gasteiger partial charge is 0.495 e. The van der Waals surface area contributed by atoms with Gasteiger partial charge in [-0.2, -0.15) is 4.31 Å². The fraction of sp³-hybridized carbons (Fsp3) is 0.364. The highest BCUT2D eigenvalue weighted by atomic mass is 32.2. The van der Waals surface area contributed by atoms with Crippen LogP contribution < -0.4 is 20.1 Å². The summed E-state index contributed by atoms with van der Waals surface area (Å²) in [5, 5.41) is 5.53. The number of fused-ring (bicyclic) bond motifs is 1. The number of aryl methyl sites for hydroxylation is 1. The predicted octanol–water partition coefficient (Wildman–Crippen LogP) is 2.37. The molecule has 0 spiro atoms. The van der Waals surface area contributed by atoms with Crippen molar-refractivity contribution in [3.05, 3.63) is 42.0 Å². The van der Waals surface area contributed by atoms with E-state index in [0.29, 0.717) is 47.8 Å². The highest BCUT2D eigenvalue weighted by molar-refractivity contribution is 7.89. The normalized spacial score (nSPS) is 18.8. The number of carbonyl (C=O) groups excluding carboxylic acids is 2. The second-order valence-corrected chi connectivity index (χ2v) is 9.75. The minimum atomic E-state index is -3.86. The molecule has 170 valence electrons. The molecule has 0 radical (unpaired) electrons. The molecule has 2 aromatic rings. The average Bonchev–Trinajstić information content (AvgIpc) is 2.78. The zero-order valence-corrected chi connectivity index (χ0v) is 18.7. The molecule has 2 aliphatic heterocycles. The summed E-state index contributed by atoms with van der Waals surface area (Å²) in [6, 6.07) is 10.1. The van der Waals surface area contributed by atoms with Gasteiger partial charge in [0, 0.05) is 19.2 Å². The summed E-state index contributed by atoms with van der Waals surface area (Å²) in [4.78, 5) is 24.5. The number of nitrogens with zero attached hydrogens (tertiary/aromatic N) is 1. The molecule has 10 heteroatoms. The van der Waals surface area contributed by atoms with Crippen LogP contribution in [0, 0.1) is 12.8 Å². The molecule has 0 saturated carbocycles. The number of nitrogens with one attached hydrogen (secondary N) is 2. The molecule has 9 nitrogen and oxygen atoms in total. The number of ether oxygens (including phenoxy) is 2. The fourth-order valence-corrected chi connectivity index (χ4v) is 5.74. The lowest BCUT2D eigenvalue weighted by molar-refractivity contribution is -0.121. The molecule has 2 amide bonds. The van der Waals surface area contributed by atoms with E-state index in [9.17, 15) is 18.0 Å². The summed E-state index contributed by atoms with van der Waals surface area (Å²) in [6.07, 6.45) is 1.16. The second kappa shape index (κ2) is 8.79. The molecule has 32 heavy (non-hydrogen) atoms. The van der Waals surface area contributed by atoms with Crippen LogP contribution in [0.15, 0.2) is 41.3 Å². The van der Waals surface area contributed by atoms with Crippen LogP contribution in [0.1, 0.15) is 18.4 Å². The van der Waals surface area contributed by atoms with Gasteiger partial charge < -0.3 is 20.1 Å². The highest BCUT2D eigenvalue weighted by Gasteiger charge is 2.35. The van der Waals surface area contributed by atoms with E-state index in [1.807, 2.05) is 0 Å². The molecule has 2 aliphatic rings. The van der Waals surface area contributed by atoms with Gasteiger partial charge in [-0.3, -0.25) is 9.59 Å². The fourth-order valence-electron chi connectivity index (χ4n) is 3.99. The number of rotatable bonds is 5. The lowest BCUT2D eigenvalue weighted by atomic mass is 9.98. The minimum Gasteiger partial charge on any atom is -0.495 e. The van der Waals surface area contributed by atoms with Crippen LogP contribution in [0.5, 0.6) is 11.5 Å². The smallest absolute Gasteiger partial charge is 0.262 e. The maximum Gasteiger partial charge on any atom is 0.262 e. The standard InChI is InChI=1S/C22H25N3O6S/c1-14-10-17-19(31-13-21(26)23-17)11-20(14)32(28,29)25-9-5-6-15(12-25)22(27)24-16-7-3-4-8-18(16)30-2/h3-4,7-8,10-11,15H,5-6,9,12-13H2,1-2H3,(H,23,26)(H,24,27)/t15-/m0/s1. The van der Waals surface area contributed by atoms with Crippen molar-refractivity contribution in [1.82, 2.24) is 4.31 Å². The third-order valence-corrected chi connectivity index (χ3v) is 7.65. The number of benzene rings is 2. The first-order valence-electron chi connectivity index (χ1n) is 10.3. The maximum absolute atomic E-state index is 13.4. The molecule has 4 rings (SSSR count). The Bertz CT molecular complexity index is 1160. The van der Waals surface area contributed by atoms with Gasteiger partial charge in [0.1, 0.15) is 11.5 Å². The van der Waals surface area contributed by atoms with Gasteiger partial charge in [-0.05, 0) is 43.5 Å². The molecule has 2 N–H and O–H groups in total. The van der Waals surface area contributed by atoms with Crippen molar-refractivity contribution < 1.29 is 27.5 Å². The van der Waals surface area contributed by atoms with Crippen LogP contribution >= 0.6 is 0 Å². The quantitative estimate of drug-likeness (QED) is 0.710. The number of para-hydroxylation sites is 2. The number of methoxy groups -OCH3 is 1. The first kappa shape index (κ1) is 22.1. The molecule has 1 fully saturated rings. The van der Waals surface area contributed by atoms with Gasteiger partial charge >= 0.3 is 0 Å². The first-order valence-corrected chi connectivity index (χ1v) is 11.7. The van der Waals surface area contributed by atoms with Crippen molar-refractivity contribution >= 4 is 33.2 Å². The second-order valence-electron chi connectivity index (χ2n) is 7.84. The molecule has 2 aromatic carbocycles. The molecular formula is C22H25N3O6S. The number of carbonyl (C=O) groups is 2. The molecule has 0 bridgehead atoms. The third kappa shape index (κ3) is 4.28. The Hall–Kier alpha value is -3.11. The lowest BCUT2D eigenvalue weighted by Gasteiger charge is -2.32. The summed E-state index contributed by atoms with van der Waals surface area (Å²) in [7, 11) is -2.33. The summed E-state index contributed by atoms with van der Waals surface area (Å²) in [5.41, 5.74) is 1.49. The highest BCUT2D eigenvalue weighted by Crippen LogP contribution is 2.35. The molecule has 1 saturated heterocycles. The summed E-state index contributed by atoms with van der Waals surface area (Å²) in [6.45, 7) is 1.92. The molecule has 1 atom stereocenters.